The van der Waals surface area contributed by atoms with Gasteiger partial charge in [-0.3, -0.25) is 9.89 Å². The number of hydrogen-bond acceptors (Lipinski definition) is 4. The van der Waals surface area contributed by atoms with E-state index in [1.165, 1.54) is 12.8 Å². The number of amides is 1. The van der Waals surface area contributed by atoms with Crippen LogP contribution in [0.25, 0.3) is 11.3 Å². The molecular weight excluding hydrogens is 340 g/mol. The average molecular weight is 368 g/mol. The third kappa shape index (κ3) is 4.10. The Morgan fingerprint density at radius 1 is 1.19 bits per heavy atom. The summed E-state index contributed by atoms with van der Waals surface area (Å²) in [6, 6.07) is 10.3. The predicted molar refractivity (Wildman–Crippen MR) is 106 cm³/mol. The molecule has 1 saturated carbocycles. The van der Waals surface area contributed by atoms with Crippen LogP contribution < -0.4 is 15.0 Å². The molecule has 2 aromatic rings. The van der Waals surface area contributed by atoms with Gasteiger partial charge in [-0.05, 0) is 55.5 Å². The quantitative estimate of drug-likeness (QED) is 0.849. The molecule has 6 nitrogen and oxygen atoms in total. The van der Waals surface area contributed by atoms with Crippen molar-refractivity contribution < 1.29 is 9.53 Å². The van der Waals surface area contributed by atoms with E-state index in [4.69, 9.17) is 4.74 Å². The number of hydrogen-bond donors (Lipinski definition) is 2. The molecule has 27 heavy (non-hydrogen) atoms. The molecule has 1 aromatic carbocycles. The lowest BCUT2D eigenvalue weighted by molar-refractivity contribution is -0.125. The minimum Gasteiger partial charge on any atom is -0.497 e. The van der Waals surface area contributed by atoms with Crippen molar-refractivity contribution in [1.82, 2.24) is 15.5 Å². The number of ether oxygens (including phenoxy) is 1. The largest absolute Gasteiger partial charge is 0.497 e. The molecule has 144 valence electrons. The van der Waals surface area contributed by atoms with E-state index in [0.717, 1.165) is 61.6 Å². The van der Waals surface area contributed by atoms with Crippen LogP contribution in [-0.2, 0) is 4.79 Å². The van der Waals surface area contributed by atoms with E-state index in [1.54, 1.807) is 7.11 Å². The zero-order valence-corrected chi connectivity index (χ0v) is 15.9. The van der Waals surface area contributed by atoms with Crippen molar-refractivity contribution >= 4 is 11.7 Å². The van der Waals surface area contributed by atoms with Crippen LogP contribution in [0.3, 0.4) is 0 Å². The lowest BCUT2D eigenvalue weighted by Crippen LogP contribution is -2.49. The van der Waals surface area contributed by atoms with Crippen molar-refractivity contribution in [3.63, 3.8) is 0 Å². The summed E-state index contributed by atoms with van der Waals surface area (Å²) in [6.07, 6.45) is 6.59. The standard InChI is InChI=1S/C21H28N4O2/c1-27-18-10-8-15(9-11-18)19-13-20(24-23-19)25-12-4-7-17(14-25)22-21(26)16-5-2-3-6-16/h8-11,13,16-17H,2-7,12,14H2,1H3,(H,22,26)(H,23,24)/t17-/m1/s1. The van der Waals surface area contributed by atoms with Crippen molar-refractivity contribution in [2.45, 2.75) is 44.6 Å². The Hall–Kier alpha value is -2.50. The van der Waals surface area contributed by atoms with Crippen LogP contribution in [0.1, 0.15) is 38.5 Å². The normalized spacial score (nSPS) is 20.6. The molecule has 1 saturated heterocycles. The molecule has 1 aliphatic carbocycles. The lowest BCUT2D eigenvalue weighted by Gasteiger charge is -2.33. The number of methoxy groups -OCH3 is 1. The molecule has 2 aliphatic rings. The molecule has 1 aromatic heterocycles. The van der Waals surface area contributed by atoms with Crippen LogP contribution in [0.15, 0.2) is 30.3 Å². The smallest absolute Gasteiger partial charge is 0.223 e. The second-order valence-electron chi connectivity index (χ2n) is 7.64. The molecule has 0 radical (unpaired) electrons. The zero-order valence-electron chi connectivity index (χ0n) is 15.9. The van der Waals surface area contributed by atoms with Crippen molar-refractivity contribution in [1.29, 1.82) is 0 Å². The monoisotopic (exact) mass is 368 g/mol. The van der Waals surface area contributed by atoms with E-state index in [1.807, 2.05) is 24.3 Å². The van der Waals surface area contributed by atoms with E-state index >= 15 is 0 Å². The number of aromatic nitrogens is 2. The Labute approximate surface area is 160 Å². The lowest BCUT2D eigenvalue weighted by atomic mass is 10.0. The van der Waals surface area contributed by atoms with E-state index in [2.05, 4.69) is 26.5 Å². The van der Waals surface area contributed by atoms with Crippen molar-refractivity contribution in [2.24, 2.45) is 5.92 Å². The second kappa shape index (κ2) is 8.03. The van der Waals surface area contributed by atoms with Crippen LogP contribution in [0.2, 0.25) is 0 Å². The van der Waals surface area contributed by atoms with Gasteiger partial charge in [0.2, 0.25) is 5.91 Å². The highest BCUT2D eigenvalue weighted by Gasteiger charge is 2.27. The molecule has 0 unspecified atom stereocenters. The number of benzene rings is 1. The molecule has 1 aliphatic heterocycles. The molecule has 1 atom stereocenters. The number of nitrogens with zero attached hydrogens (tertiary/aromatic N) is 2. The number of carbonyl (C=O) groups excluding carboxylic acids is 1. The molecule has 6 heteroatoms. The summed E-state index contributed by atoms with van der Waals surface area (Å²) in [6.45, 7) is 1.80. The first-order valence-corrected chi connectivity index (χ1v) is 9.98. The summed E-state index contributed by atoms with van der Waals surface area (Å²) < 4.78 is 5.22. The topological polar surface area (TPSA) is 70.2 Å². The SMILES string of the molecule is COc1ccc(-c2cc(N3CCC[C@@H](NC(=O)C4CCCC4)C3)n[nH]2)cc1. The third-order valence-corrected chi connectivity index (χ3v) is 5.78. The summed E-state index contributed by atoms with van der Waals surface area (Å²) in [5, 5.41) is 10.9. The maximum atomic E-state index is 12.4. The molecule has 0 bridgehead atoms. The van der Waals surface area contributed by atoms with Gasteiger partial charge in [0.25, 0.3) is 0 Å². The summed E-state index contributed by atoms with van der Waals surface area (Å²) in [5.74, 6) is 2.27. The Morgan fingerprint density at radius 3 is 2.70 bits per heavy atom. The highest BCUT2D eigenvalue weighted by atomic mass is 16.5. The Morgan fingerprint density at radius 2 is 1.96 bits per heavy atom. The van der Waals surface area contributed by atoms with Gasteiger partial charge in [0, 0.05) is 31.1 Å². The van der Waals surface area contributed by atoms with Crippen molar-refractivity contribution in [3.8, 4) is 17.0 Å². The minimum absolute atomic E-state index is 0.216. The van der Waals surface area contributed by atoms with Gasteiger partial charge in [-0.15, -0.1) is 0 Å². The van der Waals surface area contributed by atoms with Gasteiger partial charge in [0.05, 0.1) is 12.8 Å². The molecule has 2 heterocycles. The Kier molecular flexibility index (Phi) is 5.32. The highest BCUT2D eigenvalue weighted by Crippen LogP contribution is 2.27. The average Bonchev–Trinajstić information content (AvgIpc) is 3.40. The number of rotatable bonds is 5. The molecular formula is C21H28N4O2. The molecule has 4 rings (SSSR count). The molecule has 1 amide bonds. The number of piperidine rings is 1. The first-order valence-electron chi connectivity index (χ1n) is 9.98. The number of anilines is 1. The van der Waals surface area contributed by atoms with Gasteiger partial charge in [-0.25, -0.2) is 0 Å². The van der Waals surface area contributed by atoms with Gasteiger partial charge in [0.15, 0.2) is 5.82 Å². The number of H-pyrrole nitrogens is 1. The summed E-state index contributed by atoms with van der Waals surface area (Å²) in [5.41, 5.74) is 2.07. The summed E-state index contributed by atoms with van der Waals surface area (Å²) >= 11 is 0. The highest BCUT2D eigenvalue weighted by molar-refractivity contribution is 5.79. The van der Waals surface area contributed by atoms with Gasteiger partial charge in [-0.1, -0.05) is 12.8 Å². The van der Waals surface area contributed by atoms with E-state index < -0.39 is 0 Å². The summed E-state index contributed by atoms with van der Waals surface area (Å²) in [7, 11) is 1.67. The van der Waals surface area contributed by atoms with E-state index in [0.29, 0.717) is 0 Å². The predicted octanol–water partition coefficient (Wildman–Crippen LogP) is 3.36. The number of carbonyl (C=O) groups is 1. The van der Waals surface area contributed by atoms with Gasteiger partial charge in [-0.2, -0.15) is 5.10 Å². The van der Waals surface area contributed by atoms with Crippen LogP contribution in [0.5, 0.6) is 5.75 Å². The third-order valence-electron chi connectivity index (χ3n) is 5.78. The number of aromatic amines is 1. The minimum atomic E-state index is 0.216. The first-order chi connectivity index (χ1) is 13.2. The zero-order chi connectivity index (χ0) is 18.6. The number of nitrogens with one attached hydrogen (secondary N) is 2. The van der Waals surface area contributed by atoms with Crippen molar-refractivity contribution in [3.05, 3.63) is 30.3 Å². The maximum Gasteiger partial charge on any atom is 0.223 e. The fourth-order valence-electron chi connectivity index (χ4n) is 4.20. The first kappa shape index (κ1) is 17.9. The van der Waals surface area contributed by atoms with Gasteiger partial charge < -0.3 is 15.0 Å². The fourth-order valence-corrected chi connectivity index (χ4v) is 4.20. The van der Waals surface area contributed by atoms with Gasteiger partial charge in [0.1, 0.15) is 5.75 Å². The van der Waals surface area contributed by atoms with Crippen LogP contribution in [-0.4, -0.2) is 42.3 Å². The van der Waals surface area contributed by atoms with Crippen molar-refractivity contribution in [2.75, 3.05) is 25.1 Å². The fraction of sp³-hybridized carbons (Fsp3) is 0.524. The van der Waals surface area contributed by atoms with Crippen LogP contribution >= 0.6 is 0 Å². The van der Waals surface area contributed by atoms with E-state index in [9.17, 15) is 4.79 Å². The Balaban J connectivity index is 1.39. The molecule has 2 N–H and O–H groups in total. The second-order valence-corrected chi connectivity index (χ2v) is 7.64. The van der Waals surface area contributed by atoms with Crippen LogP contribution in [0, 0.1) is 5.92 Å². The summed E-state index contributed by atoms with van der Waals surface area (Å²) in [4.78, 5) is 14.7. The van der Waals surface area contributed by atoms with E-state index in [-0.39, 0.29) is 17.9 Å². The Bertz CT molecular complexity index is 765. The maximum absolute atomic E-state index is 12.4. The van der Waals surface area contributed by atoms with Crippen LogP contribution in [0.4, 0.5) is 5.82 Å². The molecule has 0 spiro atoms. The van der Waals surface area contributed by atoms with Gasteiger partial charge >= 0.3 is 0 Å². The molecule has 2 fully saturated rings.